The van der Waals surface area contributed by atoms with Gasteiger partial charge in [0.2, 0.25) is 0 Å². The fraction of sp³-hybridized carbons (Fsp3) is 0.909. The number of allylic oxidation sites excluding steroid dienone is 2. The van der Waals surface area contributed by atoms with Crippen LogP contribution >= 0.6 is 0 Å². The summed E-state index contributed by atoms with van der Waals surface area (Å²) < 4.78 is 11.0. The first-order valence-electron chi connectivity index (χ1n) is 11.1. The second-order valence-electron chi connectivity index (χ2n) is 7.68. The third-order valence-corrected chi connectivity index (χ3v) is 5.18. The standard InChI is InChI=1S/C22H42O5/c1-2-3-4-5-6-7-8-9-10-11-12-13-14-15-16-26-22-20(25)18-27-21(22)19(24)17-23/h4-5,19-25H,2-3,6-18H2,1H3/b5-4+/t19-,20+,21+,22+/m1/s1. The van der Waals surface area contributed by atoms with Gasteiger partial charge in [-0.15, -0.1) is 0 Å². The number of aliphatic hydroxyl groups excluding tert-OH is 3. The molecule has 0 aromatic carbocycles. The van der Waals surface area contributed by atoms with Crippen molar-refractivity contribution in [1.29, 1.82) is 0 Å². The van der Waals surface area contributed by atoms with Gasteiger partial charge in [0.15, 0.2) is 0 Å². The number of unbranched alkanes of at least 4 members (excludes halogenated alkanes) is 10. The van der Waals surface area contributed by atoms with Crippen molar-refractivity contribution < 1.29 is 24.8 Å². The van der Waals surface area contributed by atoms with Gasteiger partial charge in [0, 0.05) is 6.61 Å². The normalized spacial score (nSPS) is 24.1. The van der Waals surface area contributed by atoms with Crippen LogP contribution in [0.15, 0.2) is 12.2 Å². The molecule has 1 aliphatic rings. The molecule has 1 fully saturated rings. The zero-order valence-corrected chi connectivity index (χ0v) is 17.2. The van der Waals surface area contributed by atoms with Gasteiger partial charge in [-0.3, -0.25) is 0 Å². The number of hydrogen-bond donors (Lipinski definition) is 3. The van der Waals surface area contributed by atoms with Gasteiger partial charge < -0.3 is 24.8 Å². The Labute approximate surface area is 165 Å². The molecule has 0 bridgehead atoms. The van der Waals surface area contributed by atoms with Gasteiger partial charge in [0.1, 0.15) is 24.4 Å². The molecule has 1 rings (SSSR count). The van der Waals surface area contributed by atoms with Crippen LogP contribution in [-0.4, -0.2) is 59.6 Å². The van der Waals surface area contributed by atoms with Crippen molar-refractivity contribution in [2.45, 2.75) is 108 Å². The Balaban J connectivity index is 1.89. The first-order valence-corrected chi connectivity index (χ1v) is 11.1. The Morgan fingerprint density at radius 2 is 1.56 bits per heavy atom. The predicted octanol–water partition coefficient (Wildman–Crippen LogP) is 3.74. The largest absolute Gasteiger partial charge is 0.394 e. The van der Waals surface area contributed by atoms with E-state index in [-0.39, 0.29) is 13.2 Å². The zero-order chi connectivity index (χ0) is 19.7. The number of rotatable bonds is 17. The fourth-order valence-corrected chi connectivity index (χ4v) is 3.48. The Morgan fingerprint density at radius 3 is 2.19 bits per heavy atom. The van der Waals surface area contributed by atoms with E-state index in [9.17, 15) is 10.2 Å². The topological polar surface area (TPSA) is 79.2 Å². The highest BCUT2D eigenvalue weighted by Crippen LogP contribution is 2.21. The van der Waals surface area contributed by atoms with E-state index in [4.69, 9.17) is 14.6 Å². The van der Waals surface area contributed by atoms with Gasteiger partial charge >= 0.3 is 0 Å². The molecule has 5 heteroatoms. The van der Waals surface area contributed by atoms with Crippen LogP contribution < -0.4 is 0 Å². The van der Waals surface area contributed by atoms with E-state index in [0.29, 0.717) is 6.61 Å². The van der Waals surface area contributed by atoms with Gasteiger partial charge in [-0.1, -0.05) is 70.4 Å². The minimum Gasteiger partial charge on any atom is -0.394 e. The van der Waals surface area contributed by atoms with Gasteiger partial charge in [-0.2, -0.15) is 0 Å². The Hall–Kier alpha value is -0.460. The summed E-state index contributed by atoms with van der Waals surface area (Å²) in [5, 5.41) is 28.6. The van der Waals surface area contributed by atoms with Gasteiger partial charge in [-0.05, 0) is 25.7 Å². The van der Waals surface area contributed by atoms with E-state index in [1.54, 1.807) is 0 Å². The van der Waals surface area contributed by atoms with Crippen LogP contribution in [-0.2, 0) is 9.47 Å². The van der Waals surface area contributed by atoms with Gasteiger partial charge in [0.25, 0.3) is 0 Å². The van der Waals surface area contributed by atoms with Crippen LogP contribution in [0.25, 0.3) is 0 Å². The molecule has 0 saturated carbocycles. The summed E-state index contributed by atoms with van der Waals surface area (Å²) in [5.74, 6) is 0. The quantitative estimate of drug-likeness (QED) is 0.262. The second-order valence-corrected chi connectivity index (χ2v) is 7.68. The Morgan fingerprint density at radius 1 is 0.963 bits per heavy atom. The molecule has 0 aliphatic carbocycles. The lowest BCUT2D eigenvalue weighted by molar-refractivity contribution is -0.0938. The smallest absolute Gasteiger partial charge is 0.114 e. The first-order chi connectivity index (χ1) is 13.2. The number of aliphatic hydroxyl groups is 3. The molecule has 27 heavy (non-hydrogen) atoms. The highest BCUT2D eigenvalue weighted by atomic mass is 16.6. The third-order valence-electron chi connectivity index (χ3n) is 5.18. The SMILES string of the molecule is CCC/C=C/CCCCCCCCCCCO[C@@H]1[C@H]([C@H](O)CO)OC[C@@H]1O. The number of ether oxygens (including phenoxy) is 2. The Kier molecular flexibility index (Phi) is 15.0. The zero-order valence-electron chi connectivity index (χ0n) is 17.2. The average molecular weight is 387 g/mol. The van der Waals surface area contributed by atoms with Crippen molar-refractivity contribution in [2.24, 2.45) is 0 Å². The van der Waals surface area contributed by atoms with E-state index in [1.807, 2.05) is 0 Å². The third kappa shape index (κ3) is 11.2. The van der Waals surface area contributed by atoms with Crippen molar-refractivity contribution in [3.05, 3.63) is 12.2 Å². The summed E-state index contributed by atoms with van der Waals surface area (Å²) in [6.07, 6.45) is 16.7. The number of hydrogen-bond acceptors (Lipinski definition) is 5. The van der Waals surface area contributed by atoms with Crippen molar-refractivity contribution in [1.82, 2.24) is 0 Å². The molecule has 1 aliphatic heterocycles. The van der Waals surface area contributed by atoms with Crippen molar-refractivity contribution in [2.75, 3.05) is 19.8 Å². The Bertz CT molecular complexity index is 361. The molecule has 1 saturated heterocycles. The maximum atomic E-state index is 9.87. The molecule has 3 N–H and O–H groups in total. The summed E-state index contributed by atoms with van der Waals surface area (Å²) in [7, 11) is 0. The van der Waals surface area contributed by atoms with Crippen LogP contribution in [0.5, 0.6) is 0 Å². The summed E-state index contributed by atoms with van der Waals surface area (Å²) in [4.78, 5) is 0. The molecule has 0 amide bonds. The lowest BCUT2D eigenvalue weighted by Crippen LogP contribution is -2.42. The van der Waals surface area contributed by atoms with Crippen molar-refractivity contribution >= 4 is 0 Å². The van der Waals surface area contributed by atoms with Crippen LogP contribution in [0, 0.1) is 0 Å². The van der Waals surface area contributed by atoms with E-state index < -0.39 is 24.4 Å². The molecular formula is C22H42O5. The lowest BCUT2D eigenvalue weighted by atomic mass is 10.1. The molecule has 0 unspecified atom stereocenters. The monoisotopic (exact) mass is 386 g/mol. The fourth-order valence-electron chi connectivity index (χ4n) is 3.48. The van der Waals surface area contributed by atoms with E-state index in [1.165, 1.54) is 64.2 Å². The van der Waals surface area contributed by atoms with Gasteiger partial charge in [-0.25, -0.2) is 0 Å². The summed E-state index contributed by atoms with van der Waals surface area (Å²) in [6.45, 7) is 2.55. The highest BCUT2D eigenvalue weighted by molar-refractivity contribution is 4.89. The van der Waals surface area contributed by atoms with Crippen LogP contribution in [0.2, 0.25) is 0 Å². The molecule has 1 heterocycles. The van der Waals surface area contributed by atoms with E-state index in [0.717, 1.165) is 12.8 Å². The summed E-state index contributed by atoms with van der Waals surface area (Å²) >= 11 is 0. The van der Waals surface area contributed by atoms with Crippen molar-refractivity contribution in [3.8, 4) is 0 Å². The van der Waals surface area contributed by atoms with E-state index in [2.05, 4.69) is 19.1 Å². The van der Waals surface area contributed by atoms with Gasteiger partial charge in [0.05, 0.1) is 13.2 Å². The lowest BCUT2D eigenvalue weighted by Gasteiger charge is -2.23. The van der Waals surface area contributed by atoms with Crippen LogP contribution in [0.3, 0.4) is 0 Å². The predicted molar refractivity (Wildman–Crippen MR) is 109 cm³/mol. The van der Waals surface area contributed by atoms with Crippen molar-refractivity contribution in [3.63, 3.8) is 0 Å². The molecule has 0 spiro atoms. The molecular weight excluding hydrogens is 344 g/mol. The summed E-state index contributed by atoms with van der Waals surface area (Å²) in [5.41, 5.74) is 0. The first kappa shape index (κ1) is 24.6. The van der Waals surface area contributed by atoms with Crippen LogP contribution in [0.4, 0.5) is 0 Å². The molecule has 4 atom stereocenters. The minimum atomic E-state index is -1.00. The average Bonchev–Trinajstić information content (AvgIpc) is 3.04. The van der Waals surface area contributed by atoms with E-state index >= 15 is 0 Å². The molecule has 0 aromatic heterocycles. The summed E-state index contributed by atoms with van der Waals surface area (Å²) in [6, 6.07) is 0. The second kappa shape index (κ2) is 16.5. The highest BCUT2D eigenvalue weighted by Gasteiger charge is 2.40. The molecule has 160 valence electrons. The van der Waals surface area contributed by atoms with Crippen LogP contribution in [0.1, 0.15) is 84.0 Å². The maximum absolute atomic E-state index is 9.87. The molecule has 0 aromatic rings. The molecule has 0 radical (unpaired) electrons. The maximum Gasteiger partial charge on any atom is 0.114 e. The minimum absolute atomic E-state index is 0.154. The molecule has 5 nitrogen and oxygen atoms in total.